The van der Waals surface area contributed by atoms with E-state index in [4.69, 9.17) is 0 Å². The number of nitro benzene ring substituents is 1. The zero-order chi connectivity index (χ0) is 28.5. The minimum atomic E-state index is -0.273. The number of anilines is 3. The fourth-order valence-corrected chi connectivity index (χ4v) is 5.84. The highest BCUT2D eigenvalue weighted by molar-refractivity contribution is 6.14. The van der Waals surface area contributed by atoms with Crippen LogP contribution in [0.5, 0.6) is 0 Å². The minimum absolute atomic E-state index is 0.150. The third-order valence-electron chi connectivity index (χ3n) is 7.74. The highest BCUT2D eigenvalue weighted by Gasteiger charge is 2.20. The second-order valence-corrected chi connectivity index (χ2v) is 10.2. The summed E-state index contributed by atoms with van der Waals surface area (Å²) in [7, 11) is 0. The molecule has 0 aliphatic heterocycles. The Morgan fingerprint density at radius 1 is 0.500 bits per heavy atom. The van der Waals surface area contributed by atoms with Crippen molar-refractivity contribution in [3.63, 3.8) is 0 Å². The molecular formula is C38H26N2O2. The van der Waals surface area contributed by atoms with Crippen molar-refractivity contribution in [1.29, 1.82) is 0 Å². The van der Waals surface area contributed by atoms with Gasteiger partial charge < -0.3 is 4.90 Å². The van der Waals surface area contributed by atoms with Gasteiger partial charge >= 0.3 is 0 Å². The van der Waals surface area contributed by atoms with Crippen LogP contribution in [0.1, 0.15) is 11.1 Å². The lowest BCUT2D eigenvalue weighted by atomic mass is 9.94. The number of rotatable bonds is 6. The van der Waals surface area contributed by atoms with Crippen molar-refractivity contribution in [2.45, 2.75) is 0 Å². The summed E-state index contributed by atoms with van der Waals surface area (Å²) in [5.41, 5.74) is 5.42. The van der Waals surface area contributed by atoms with Crippen LogP contribution in [-0.4, -0.2) is 4.92 Å². The molecule has 0 N–H and O–H groups in total. The maximum atomic E-state index is 12.1. The van der Waals surface area contributed by atoms with Crippen molar-refractivity contribution >= 4 is 67.2 Å². The van der Waals surface area contributed by atoms with Gasteiger partial charge in [0.2, 0.25) is 0 Å². The van der Waals surface area contributed by atoms with Crippen LogP contribution >= 0.6 is 0 Å². The van der Waals surface area contributed by atoms with Crippen LogP contribution in [0.25, 0.3) is 44.5 Å². The van der Waals surface area contributed by atoms with E-state index in [9.17, 15) is 10.1 Å². The molecule has 42 heavy (non-hydrogen) atoms. The lowest BCUT2D eigenvalue weighted by molar-refractivity contribution is -0.381. The lowest BCUT2D eigenvalue weighted by Crippen LogP contribution is -2.10. The molecule has 0 amide bonds. The van der Waals surface area contributed by atoms with Gasteiger partial charge in [0.25, 0.3) is 5.69 Å². The van der Waals surface area contributed by atoms with Crippen LogP contribution < -0.4 is 4.90 Å². The molecule has 0 spiro atoms. The van der Waals surface area contributed by atoms with Crippen molar-refractivity contribution in [2.24, 2.45) is 0 Å². The predicted molar refractivity (Wildman–Crippen MR) is 176 cm³/mol. The monoisotopic (exact) mass is 542 g/mol. The Morgan fingerprint density at radius 3 is 1.67 bits per heavy atom. The van der Waals surface area contributed by atoms with E-state index in [1.807, 2.05) is 54.6 Å². The Kier molecular flexibility index (Phi) is 6.42. The largest absolute Gasteiger partial charge is 0.310 e. The molecule has 7 rings (SSSR count). The molecule has 4 heteroatoms. The standard InChI is InChI=1S/C38H26N2O2/c41-40(42)38-35-18-8-6-16-32(35)34(33-17-7-9-19-36(33)38)26-23-27-21-24-30(25-22-27)39(29-13-2-1-3-14-29)37-20-10-12-28-11-4-5-15-31(28)37/h1-26H/b26-23+. The van der Waals surface area contributed by atoms with E-state index < -0.39 is 0 Å². The van der Waals surface area contributed by atoms with Gasteiger partial charge in [-0.3, -0.25) is 10.1 Å². The number of nitro groups is 1. The van der Waals surface area contributed by atoms with Crippen molar-refractivity contribution in [3.8, 4) is 0 Å². The number of non-ortho nitro benzene ring substituents is 1. The van der Waals surface area contributed by atoms with Gasteiger partial charge in [0.15, 0.2) is 0 Å². The second kappa shape index (κ2) is 10.7. The molecule has 0 aliphatic rings. The first kappa shape index (κ1) is 25.2. The van der Waals surface area contributed by atoms with Gasteiger partial charge in [0.05, 0.1) is 21.4 Å². The van der Waals surface area contributed by atoms with Crippen molar-refractivity contribution in [3.05, 3.63) is 167 Å². The van der Waals surface area contributed by atoms with E-state index >= 15 is 0 Å². The first-order chi connectivity index (χ1) is 20.7. The van der Waals surface area contributed by atoms with E-state index in [1.54, 1.807) is 0 Å². The van der Waals surface area contributed by atoms with Crippen LogP contribution in [0, 0.1) is 10.1 Å². The summed E-state index contributed by atoms with van der Waals surface area (Å²) >= 11 is 0. The highest BCUT2D eigenvalue weighted by atomic mass is 16.6. The highest BCUT2D eigenvalue weighted by Crippen LogP contribution is 2.40. The molecule has 0 saturated heterocycles. The molecule has 0 fully saturated rings. The summed E-state index contributed by atoms with van der Waals surface area (Å²) in [4.78, 5) is 14.1. The maximum absolute atomic E-state index is 12.1. The SMILES string of the molecule is O=[N+]([O-])c1c2ccccc2c(/C=C/c2ccc(N(c3ccccc3)c3cccc4ccccc34)cc2)c2ccccc12. The van der Waals surface area contributed by atoms with Gasteiger partial charge in [0, 0.05) is 16.8 Å². The van der Waals surface area contributed by atoms with Gasteiger partial charge in [-0.2, -0.15) is 0 Å². The number of nitrogens with zero attached hydrogens (tertiary/aromatic N) is 2. The Bertz CT molecular complexity index is 2050. The smallest absolute Gasteiger partial charge is 0.284 e. The molecule has 0 aromatic heterocycles. The normalized spacial score (nSPS) is 11.4. The minimum Gasteiger partial charge on any atom is -0.310 e. The number of fused-ring (bicyclic) bond motifs is 3. The molecule has 7 aromatic carbocycles. The van der Waals surface area contributed by atoms with Crippen LogP contribution in [0.2, 0.25) is 0 Å². The Balaban J connectivity index is 1.32. The van der Waals surface area contributed by atoms with Gasteiger partial charge in [-0.15, -0.1) is 0 Å². The van der Waals surface area contributed by atoms with Crippen LogP contribution in [0.15, 0.2) is 146 Å². The summed E-state index contributed by atoms with van der Waals surface area (Å²) in [6.07, 6.45) is 4.15. The summed E-state index contributed by atoms with van der Waals surface area (Å²) in [5, 5.41) is 17.5. The number of hydrogen-bond acceptors (Lipinski definition) is 3. The van der Waals surface area contributed by atoms with E-state index in [-0.39, 0.29) is 10.6 Å². The average molecular weight is 543 g/mol. The van der Waals surface area contributed by atoms with Crippen LogP contribution in [0.3, 0.4) is 0 Å². The van der Waals surface area contributed by atoms with E-state index in [0.717, 1.165) is 39.0 Å². The van der Waals surface area contributed by atoms with E-state index in [1.165, 1.54) is 10.8 Å². The third kappa shape index (κ3) is 4.45. The number of hydrogen-bond donors (Lipinski definition) is 0. The molecule has 0 saturated carbocycles. The number of para-hydroxylation sites is 1. The summed E-state index contributed by atoms with van der Waals surface area (Å²) in [5.74, 6) is 0. The van der Waals surface area contributed by atoms with E-state index in [0.29, 0.717) is 10.8 Å². The zero-order valence-corrected chi connectivity index (χ0v) is 22.7. The average Bonchev–Trinajstić information content (AvgIpc) is 3.04. The fraction of sp³-hybridized carbons (Fsp3) is 0. The third-order valence-corrected chi connectivity index (χ3v) is 7.74. The molecule has 0 bridgehead atoms. The Labute approximate surface area is 243 Å². The first-order valence-corrected chi connectivity index (χ1v) is 13.9. The molecule has 0 radical (unpaired) electrons. The molecule has 4 nitrogen and oxygen atoms in total. The molecular weight excluding hydrogens is 516 g/mol. The molecule has 0 heterocycles. The summed E-state index contributed by atoms with van der Waals surface area (Å²) < 4.78 is 0. The van der Waals surface area contributed by atoms with Crippen LogP contribution in [0.4, 0.5) is 22.7 Å². The Hall–Kier alpha value is -5.74. The predicted octanol–water partition coefficient (Wildman–Crippen LogP) is 10.7. The quantitative estimate of drug-likeness (QED) is 0.0909. The molecule has 0 unspecified atom stereocenters. The van der Waals surface area contributed by atoms with Crippen molar-refractivity contribution in [2.75, 3.05) is 4.90 Å². The van der Waals surface area contributed by atoms with Crippen molar-refractivity contribution in [1.82, 2.24) is 0 Å². The van der Waals surface area contributed by atoms with Crippen LogP contribution in [-0.2, 0) is 0 Å². The summed E-state index contributed by atoms with van der Waals surface area (Å²) in [6.45, 7) is 0. The molecule has 7 aromatic rings. The molecule has 200 valence electrons. The zero-order valence-electron chi connectivity index (χ0n) is 22.7. The van der Waals surface area contributed by atoms with E-state index in [2.05, 4.69) is 108 Å². The first-order valence-electron chi connectivity index (χ1n) is 13.9. The number of benzene rings is 7. The Morgan fingerprint density at radius 2 is 1.02 bits per heavy atom. The lowest BCUT2D eigenvalue weighted by Gasteiger charge is -2.27. The van der Waals surface area contributed by atoms with Crippen molar-refractivity contribution < 1.29 is 4.92 Å². The van der Waals surface area contributed by atoms with Gasteiger partial charge in [-0.1, -0.05) is 115 Å². The van der Waals surface area contributed by atoms with Gasteiger partial charge in [-0.25, -0.2) is 0 Å². The fourth-order valence-electron chi connectivity index (χ4n) is 5.84. The molecule has 0 atom stereocenters. The molecule has 0 aliphatic carbocycles. The van der Waals surface area contributed by atoms with Gasteiger partial charge in [0.1, 0.15) is 0 Å². The van der Waals surface area contributed by atoms with Gasteiger partial charge in [-0.05, 0) is 69.8 Å². The maximum Gasteiger partial charge on any atom is 0.284 e. The topological polar surface area (TPSA) is 46.4 Å². The summed E-state index contributed by atoms with van der Waals surface area (Å²) in [6, 6.07) is 48.9. The second-order valence-electron chi connectivity index (χ2n) is 10.2.